The van der Waals surface area contributed by atoms with Gasteiger partial charge in [0.1, 0.15) is 46.3 Å². The van der Waals surface area contributed by atoms with Gasteiger partial charge < -0.3 is 55.0 Å². The Labute approximate surface area is 542 Å². The number of thiocarbonyl (C=S) groups is 1. The topological polar surface area (TPSA) is 296 Å². The van der Waals surface area contributed by atoms with E-state index in [-0.39, 0.29) is 84.6 Å². The van der Waals surface area contributed by atoms with Crippen LogP contribution in [0.5, 0.6) is 5.75 Å². The van der Waals surface area contributed by atoms with E-state index in [1.807, 2.05) is 26.8 Å². The van der Waals surface area contributed by atoms with Crippen molar-refractivity contribution >= 4 is 98.6 Å². The van der Waals surface area contributed by atoms with Crippen molar-refractivity contribution < 1.29 is 71.9 Å². The molecule has 3 aromatic rings. The number of epoxide rings is 1. The number of ether oxygens (including phenoxy) is 5. The highest BCUT2D eigenvalue weighted by Gasteiger charge is 2.64. The molecule has 24 heteroatoms. The van der Waals surface area contributed by atoms with Gasteiger partial charge in [0, 0.05) is 81.5 Å². The molecule has 0 saturated carbocycles. The number of ketones is 1. The Kier molecular flexibility index (Phi) is 24.2. The van der Waals surface area contributed by atoms with Crippen LogP contribution >= 0.6 is 23.8 Å². The maximum absolute atomic E-state index is 14.6. The average molecular weight is 1300 g/mol. The summed E-state index contributed by atoms with van der Waals surface area (Å²) in [5.74, 6) is -4.67. The fourth-order valence-corrected chi connectivity index (χ4v) is 12.9. The number of nitrogens with two attached hydrogens (primary N) is 1. The Hall–Kier alpha value is -7.18. The van der Waals surface area contributed by atoms with Crippen LogP contribution in [-0.4, -0.2) is 167 Å². The zero-order valence-electron chi connectivity index (χ0n) is 54.0. The van der Waals surface area contributed by atoms with E-state index in [1.54, 1.807) is 82.4 Å². The summed E-state index contributed by atoms with van der Waals surface area (Å²) in [7, 11) is 5.92. The number of urea groups is 1. The molecule has 4 bridgehead atoms. The summed E-state index contributed by atoms with van der Waals surface area (Å²) in [5, 5.41) is 18.3. The number of halogens is 1. The van der Waals surface area contributed by atoms with Crippen LogP contribution in [0.3, 0.4) is 0 Å². The molecule has 1 unspecified atom stereocenters. The lowest BCUT2D eigenvalue weighted by Gasteiger charge is -2.41. The SMILES string of the molecule is COc1cc2cc(c1Cl)N(C)C(=O)C[C@H](OC(=O)[C@H](C)N(C)C(=O)c1ccc3nc(CC(=O)[C@H](CCCNC(N)=O)NC(=O)[C@@H](CC(=S)CCCCCN4C(=O)CC(C)C4=O)C(C)C)ccc3c1)[C@]1(C)O[C@H]1[C@H](C)[C@@H]1C[C@@](O)(CC(=O)O1)[C@H](OC)/C=C/C=C(\C)C2. The minimum atomic E-state index is -1.65. The van der Waals surface area contributed by atoms with Crippen LogP contribution in [0.25, 0.3) is 10.9 Å². The van der Waals surface area contributed by atoms with Crippen LogP contribution in [0.4, 0.5) is 10.5 Å². The number of imide groups is 1. The van der Waals surface area contributed by atoms with Gasteiger partial charge in [0.05, 0.1) is 49.7 Å². The number of likely N-dealkylation sites (N-methyl/N-ethyl adjacent to an activating group) is 1. The number of benzene rings is 2. The Balaban J connectivity index is 1.03. The summed E-state index contributed by atoms with van der Waals surface area (Å²) in [6, 6.07) is 8.82. The number of nitrogens with zero attached hydrogens (tertiary/aromatic N) is 4. The Morgan fingerprint density at radius 1 is 0.989 bits per heavy atom. The molecule has 0 aliphatic carbocycles. The van der Waals surface area contributed by atoms with E-state index in [1.165, 1.54) is 42.9 Å². The van der Waals surface area contributed by atoms with Crippen LogP contribution in [-0.2, 0) is 65.4 Å². The maximum Gasteiger partial charge on any atom is 0.328 e. The standard InChI is InChI=1S/C67H88ClN7O15S/c1-37(2)47(33-46(91)18-13-12-14-26-75-57(78)28-39(4)62(75)81)61(80)72-49(19-16-25-70-65(69)84)51(76)32-45-23-21-43-31-44(22-24-48(43)71-45)63(82)73(8)41(6)64(83)89-55-34-56(77)74(9)50-29-42(30-52(86-10)59(50)68)27-38(3)17-15-20-54(87-11)67(85)35-53(88-58(79)36-67)40(5)60-66(55,7)90-60/h15,17,20-24,29-31,37,39-41,47,49,53-55,60,85H,12-14,16,18-19,25-28,32-36H2,1-11H3,(H,72,80)(H3,69,70,84)/b20-15+,38-17+/t39?,40-,41+,47+,49+,53+,54-,55+,60+,66+,67-/m1/s1. The molecule has 0 spiro atoms. The number of esters is 2. The number of allylic oxidation sites excluding steroid dienone is 3. The van der Waals surface area contributed by atoms with E-state index in [2.05, 4.69) is 10.6 Å². The summed E-state index contributed by atoms with van der Waals surface area (Å²) in [5.41, 5.74) is 5.40. The first-order valence-electron chi connectivity index (χ1n) is 31.2. The van der Waals surface area contributed by atoms with Crippen molar-refractivity contribution in [1.29, 1.82) is 0 Å². The summed E-state index contributed by atoms with van der Waals surface area (Å²) >= 11 is 12.6. The zero-order valence-corrected chi connectivity index (χ0v) is 55.5. The number of nitrogens with one attached hydrogen (secondary N) is 2. The molecule has 3 fully saturated rings. The Morgan fingerprint density at radius 2 is 1.73 bits per heavy atom. The van der Waals surface area contributed by atoms with E-state index >= 15 is 0 Å². The van der Waals surface area contributed by atoms with E-state index in [9.17, 15) is 48.3 Å². The van der Waals surface area contributed by atoms with Gasteiger partial charge in [-0.3, -0.25) is 43.4 Å². The molecule has 0 radical (unpaired) electrons. The molecule has 4 aliphatic rings. The second-order valence-electron chi connectivity index (χ2n) is 25.4. The third-order valence-corrected chi connectivity index (χ3v) is 18.9. The molecule has 5 N–H and O–H groups in total. The fourth-order valence-electron chi connectivity index (χ4n) is 12.3. The summed E-state index contributed by atoms with van der Waals surface area (Å²) in [6.07, 6.45) is 4.88. The van der Waals surface area contributed by atoms with Crippen LogP contribution in [0.1, 0.15) is 141 Å². The number of amides is 7. The number of carbonyl (C=O) groups excluding carboxylic acids is 9. The van der Waals surface area contributed by atoms with Crippen LogP contribution < -0.4 is 26.0 Å². The molecule has 4 aliphatic heterocycles. The van der Waals surface area contributed by atoms with Gasteiger partial charge >= 0.3 is 18.0 Å². The monoisotopic (exact) mass is 1300 g/mol. The van der Waals surface area contributed by atoms with Crippen LogP contribution in [0.2, 0.25) is 5.02 Å². The van der Waals surface area contributed by atoms with Crippen molar-refractivity contribution in [1.82, 2.24) is 25.4 Å². The number of rotatable bonds is 24. The summed E-state index contributed by atoms with van der Waals surface area (Å²) < 4.78 is 29.9. The van der Waals surface area contributed by atoms with Crippen molar-refractivity contribution in [3.63, 3.8) is 0 Å². The summed E-state index contributed by atoms with van der Waals surface area (Å²) in [6.45, 7) is 13.0. The van der Waals surface area contributed by atoms with Gasteiger partial charge in [-0.05, 0) is 118 Å². The van der Waals surface area contributed by atoms with E-state index in [4.69, 9.17) is 58.2 Å². The largest absolute Gasteiger partial charge is 0.495 e. The number of pyridine rings is 1. The Morgan fingerprint density at radius 3 is 2.40 bits per heavy atom. The van der Waals surface area contributed by atoms with Crippen molar-refractivity contribution in [2.24, 2.45) is 29.4 Å². The summed E-state index contributed by atoms with van der Waals surface area (Å²) in [4.78, 5) is 130. The van der Waals surface area contributed by atoms with Gasteiger partial charge in [-0.15, -0.1) is 0 Å². The number of hydrogen-bond acceptors (Lipinski definition) is 17. The second kappa shape index (κ2) is 31.0. The van der Waals surface area contributed by atoms with Gasteiger partial charge in [0.2, 0.25) is 23.6 Å². The number of aromatic nitrogens is 1. The van der Waals surface area contributed by atoms with Crippen LogP contribution in [0.15, 0.2) is 66.3 Å². The first kappa shape index (κ1) is 71.3. The number of carbonyl (C=O) groups is 9. The molecule has 11 atom stereocenters. The van der Waals surface area contributed by atoms with Crippen molar-refractivity contribution in [2.75, 3.05) is 46.3 Å². The number of primary amides is 1. The third-order valence-electron chi connectivity index (χ3n) is 18.1. The lowest BCUT2D eigenvalue weighted by Crippen LogP contribution is -2.53. The first-order chi connectivity index (χ1) is 43.0. The van der Waals surface area contributed by atoms with Gasteiger partial charge in [-0.2, -0.15) is 0 Å². The predicted molar refractivity (Wildman–Crippen MR) is 345 cm³/mol. The molecule has 5 heterocycles. The molecule has 22 nitrogen and oxygen atoms in total. The molecule has 7 amide bonds. The van der Waals surface area contributed by atoms with Crippen LogP contribution in [0, 0.1) is 23.7 Å². The zero-order chi connectivity index (χ0) is 66.8. The van der Waals surface area contributed by atoms with E-state index in [0.29, 0.717) is 71.5 Å². The number of unbranched alkanes of at least 4 members (excludes halogenated alkanes) is 2. The van der Waals surface area contributed by atoms with Gasteiger partial charge in [-0.1, -0.05) is 87.8 Å². The number of Topliss-reactive ketones (excluding diaryl/α,β-unsaturated/α-hetero) is 1. The molecular weight excluding hydrogens is 1210 g/mol. The second-order valence-corrected chi connectivity index (χ2v) is 26.3. The van der Waals surface area contributed by atoms with E-state index in [0.717, 1.165) is 24.0 Å². The average Bonchev–Trinajstić information content (AvgIpc) is 1.59. The maximum atomic E-state index is 14.6. The smallest absolute Gasteiger partial charge is 0.328 e. The number of methoxy groups -OCH3 is 2. The van der Waals surface area contributed by atoms with Gasteiger partial charge in [-0.25, -0.2) is 9.59 Å². The lowest BCUT2D eigenvalue weighted by molar-refractivity contribution is -0.187. The molecule has 1 aromatic heterocycles. The third kappa shape index (κ3) is 17.7. The Bertz CT molecular complexity index is 3340. The number of likely N-dealkylation sites (tertiary alicyclic amines) is 1. The predicted octanol–water partition coefficient (Wildman–Crippen LogP) is 7.66. The first-order valence-corrected chi connectivity index (χ1v) is 32.0. The number of anilines is 1. The van der Waals surface area contributed by atoms with E-state index < -0.39 is 95.7 Å². The number of fused-ring (bicyclic) bond motifs is 6. The highest BCUT2D eigenvalue weighted by atomic mass is 35.5. The highest BCUT2D eigenvalue weighted by molar-refractivity contribution is 7.80. The lowest BCUT2D eigenvalue weighted by atomic mass is 9.78. The molecule has 91 heavy (non-hydrogen) atoms. The van der Waals surface area contributed by atoms with Crippen molar-refractivity contribution in [2.45, 2.75) is 180 Å². The minimum absolute atomic E-state index is 0.00715. The van der Waals surface area contributed by atoms with Crippen molar-refractivity contribution in [3.05, 3.63) is 88.1 Å². The normalized spacial score (nSPS) is 25.5. The van der Waals surface area contributed by atoms with Gasteiger partial charge in [0.25, 0.3) is 5.91 Å². The molecule has 494 valence electrons. The quantitative estimate of drug-likeness (QED) is 0.0220. The number of hydrogen-bond donors (Lipinski definition) is 4. The molecule has 3 saturated heterocycles. The number of aliphatic hydroxyl groups is 1. The molecular formula is C67H88ClN7O15S. The molecule has 2 aromatic carbocycles. The molecule has 7 rings (SSSR count). The van der Waals surface area contributed by atoms with Crippen molar-refractivity contribution in [3.8, 4) is 5.75 Å². The minimum Gasteiger partial charge on any atom is -0.495 e. The highest BCUT2D eigenvalue weighted by Crippen LogP contribution is 2.50. The fraction of sp³-hybridized carbons (Fsp3) is 0.567. The van der Waals surface area contributed by atoms with Gasteiger partial charge in [0.15, 0.2) is 5.78 Å².